The summed E-state index contributed by atoms with van der Waals surface area (Å²) in [5.41, 5.74) is 2.45. The van der Waals surface area contributed by atoms with E-state index in [1.54, 1.807) is 35.4 Å². The summed E-state index contributed by atoms with van der Waals surface area (Å²) in [5.74, 6) is 0.174. The van der Waals surface area contributed by atoms with Crippen molar-refractivity contribution >= 4 is 21.8 Å². The molecule has 4 aromatic rings. The minimum atomic E-state index is -4.11. The predicted octanol–water partition coefficient (Wildman–Crippen LogP) is 5.73. The van der Waals surface area contributed by atoms with Crippen LogP contribution in [0, 0.1) is 12.7 Å². The maximum atomic E-state index is 13.1. The first-order valence-corrected chi connectivity index (χ1v) is 12.1. The number of nitrogens with zero attached hydrogens (tertiary/aromatic N) is 1. The average molecular weight is 495 g/mol. The number of aryl methyl sites for hydroxylation is 1. The van der Waals surface area contributed by atoms with Gasteiger partial charge < -0.3 is 18.8 Å². The van der Waals surface area contributed by atoms with Gasteiger partial charge in [-0.25, -0.2) is 9.18 Å². The van der Waals surface area contributed by atoms with Crippen LogP contribution in [0.15, 0.2) is 101 Å². The van der Waals surface area contributed by atoms with Crippen molar-refractivity contribution in [3.05, 3.63) is 114 Å². The molecule has 0 aliphatic carbocycles. The van der Waals surface area contributed by atoms with Crippen LogP contribution in [0.5, 0.6) is 5.75 Å². The Balaban J connectivity index is 1.47. The molecule has 0 aliphatic rings. The topological polar surface area (TPSA) is 88.9 Å². The molecule has 3 aromatic carbocycles. The van der Waals surface area contributed by atoms with Crippen LogP contribution in [0.4, 0.5) is 14.9 Å². The summed E-state index contributed by atoms with van der Waals surface area (Å²) in [4.78, 5) is 14.5. The molecule has 0 saturated heterocycles. The summed E-state index contributed by atoms with van der Waals surface area (Å²) in [6.07, 6.45) is 1.54. The molecule has 2 amide bonds. The number of nitrogens with one attached hydrogen (secondary N) is 1. The lowest BCUT2D eigenvalue weighted by Crippen LogP contribution is -2.34. The predicted molar refractivity (Wildman–Crippen MR) is 129 cm³/mol. The Labute approximate surface area is 202 Å². The molecule has 0 atom stereocenters. The molecule has 4 rings (SSSR count). The third kappa shape index (κ3) is 6.48. The first kappa shape index (κ1) is 24.0. The fourth-order valence-corrected chi connectivity index (χ4v) is 4.29. The Kier molecular flexibility index (Phi) is 7.17. The molecule has 1 aromatic heterocycles. The molecule has 1 N–H and O–H groups in total. The van der Waals surface area contributed by atoms with Gasteiger partial charge in [0.05, 0.1) is 12.8 Å². The molecule has 7 nitrogen and oxygen atoms in total. The highest BCUT2D eigenvalue weighted by atomic mass is 32.2. The molecule has 0 fully saturated rings. The molecule has 180 valence electrons. The second-order valence-corrected chi connectivity index (χ2v) is 9.42. The lowest BCUT2D eigenvalue weighted by Gasteiger charge is -2.22. The number of rotatable bonds is 8. The number of carbonyl (C=O) groups is 1. The molecular formula is C26H23FN2O5S. The smallest absolute Gasteiger partial charge is 0.339 e. The fourth-order valence-electron chi connectivity index (χ4n) is 3.36. The minimum absolute atomic E-state index is 0.0971. The fraction of sp³-hybridized carbons (Fsp3) is 0.115. The summed E-state index contributed by atoms with van der Waals surface area (Å²) in [6.45, 7) is 2.42. The van der Waals surface area contributed by atoms with Crippen molar-refractivity contribution in [2.75, 3.05) is 5.32 Å². The van der Waals surface area contributed by atoms with Crippen LogP contribution in [0.1, 0.15) is 16.9 Å². The van der Waals surface area contributed by atoms with Crippen molar-refractivity contribution < 1.29 is 26.2 Å². The van der Waals surface area contributed by atoms with Crippen LogP contribution < -0.4 is 9.50 Å². The first-order chi connectivity index (χ1) is 16.8. The summed E-state index contributed by atoms with van der Waals surface area (Å²) in [7, 11) is -4.11. The van der Waals surface area contributed by atoms with Crippen LogP contribution in [-0.2, 0) is 23.2 Å². The Morgan fingerprint density at radius 3 is 2.37 bits per heavy atom. The number of carbonyl (C=O) groups excluding carboxylic acids is 1. The van der Waals surface area contributed by atoms with Crippen LogP contribution in [0.25, 0.3) is 0 Å². The number of hydrogen-bond donors (Lipinski definition) is 1. The number of hydrogen-bond acceptors (Lipinski definition) is 5. The van der Waals surface area contributed by atoms with Gasteiger partial charge >= 0.3 is 16.1 Å². The van der Waals surface area contributed by atoms with Crippen LogP contribution in [0.2, 0.25) is 0 Å². The molecule has 0 aliphatic heterocycles. The van der Waals surface area contributed by atoms with E-state index in [0.717, 1.165) is 35.4 Å². The summed E-state index contributed by atoms with van der Waals surface area (Å²) in [6, 6.07) is 21.4. The van der Waals surface area contributed by atoms with Gasteiger partial charge in [0.1, 0.15) is 22.2 Å². The van der Waals surface area contributed by atoms with Gasteiger partial charge in [0.25, 0.3) is 0 Å². The van der Waals surface area contributed by atoms with Crippen molar-refractivity contribution in [2.45, 2.75) is 24.9 Å². The van der Waals surface area contributed by atoms with Gasteiger partial charge in [-0.05, 0) is 78.7 Å². The lowest BCUT2D eigenvalue weighted by atomic mass is 10.2. The van der Waals surface area contributed by atoms with Crippen LogP contribution in [0.3, 0.4) is 0 Å². The molecule has 0 saturated carbocycles. The average Bonchev–Trinajstić information content (AvgIpc) is 3.33. The van der Waals surface area contributed by atoms with E-state index in [1.165, 1.54) is 12.1 Å². The molecule has 1 heterocycles. The van der Waals surface area contributed by atoms with E-state index in [4.69, 9.17) is 8.60 Å². The maximum absolute atomic E-state index is 13.1. The largest absolute Gasteiger partial charge is 0.467 e. The zero-order valence-electron chi connectivity index (χ0n) is 18.8. The second kappa shape index (κ2) is 10.4. The van der Waals surface area contributed by atoms with E-state index >= 15 is 0 Å². The Morgan fingerprint density at radius 2 is 1.71 bits per heavy atom. The van der Waals surface area contributed by atoms with E-state index in [2.05, 4.69) is 5.32 Å². The SMILES string of the molecule is Cc1cccc(NC(=O)N(Cc2ccc(OS(=O)(=O)c3ccc(F)cc3)cc2)Cc2ccco2)c1. The van der Waals surface area contributed by atoms with Crippen molar-refractivity contribution in [2.24, 2.45) is 0 Å². The maximum Gasteiger partial charge on any atom is 0.339 e. The number of amides is 2. The first-order valence-electron chi connectivity index (χ1n) is 10.7. The van der Waals surface area contributed by atoms with E-state index < -0.39 is 15.9 Å². The van der Waals surface area contributed by atoms with E-state index in [9.17, 15) is 17.6 Å². The molecule has 9 heteroatoms. The Hall–Kier alpha value is -4.11. The number of halogens is 1. The quantitative estimate of drug-likeness (QED) is 0.316. The number of urea groups is 1. The minimum Gasteiger partial charge on any atom is -0.467 e. The summed E-state index contributed by atoms with van der Waals surface area (Å²) in [5, 5.41) is 2.89. The molecular weight excluding hydrogens is 471 g/mol. The van der Waals surface area contributed by atoms with Crippen LogP contribution in [-0.4, -0.2) is 19.3 Å². The number of anilines is 1. The zero-order valence-corrected chi connectivity index (χ0v) is 19.7. The Morgan fingerprint density at radius 1 is 0.971 bits per heavy atom. The molecule has 0 spiro atoms. The van der Waals surface area contributed by atoms with E-state index in [1.807, 2.05) is 31.2 Å². The van der Waals surface area contributed by atoms with Crippen LogP contribution >= 0.6 is 0 Å². The number of furan rings is 1. The standard InChI is InChI=1S/C26H23FN2O5S/c1-19-4-2-5-22(16-19)28-26(30)29(18-24-6-3-15-33-24)17-20-7-11-23(12-8-20)34-35(31,32)25-13-9-21(27)10-14-25/h2-16H,17-18H2,1H3,(H,28,30). The van der Waals surface area contributed by atoms with Gasteiger partial charge in [0, 0.05) is 12.2 Å². The van der Waals surface area contributed by atoms with Gasteiger partial charge in [-0.2, -0.15) is 8.42 Å². The van der Waals surface area contributed by atoms with E-state index in [0.29, 0.717) is 11.4 Å². The highest BCUT2D eigenvalue weighted by Gasteiger charge is 2.19. The van der Waals surface area contributed by atoms with Crippen molar-refractivity contribution in [3.63, 3.8) is 0 Å². The lowest BCUT2D eigenvalue weighted by molar-refractivity contribution is 0.201. The normalized spacial score (nSPS) is 11.1. The summed E-state index contributed by atoms with van der Waals surface area (Å²) < 4.78 is 48.5. The van der Waals surface area contributed by atoms with Gasteiger partial charge in [0.15, 0.2) is 0 Å². The zero-order chi connectivity index (χ0) is 24.8. The van der Waals surface area contributed by atoms with Crippen molar-refractivity contribution in [1.82, 2.24) is 4.90 Å². The molecule has 35 heavy (non-hydrogen) atoms. The van der Waals surface area contributed by atoms with Crippen molar-refractivity contribution in [3.8, 4) is 5.75 Å². The van der Waals surface area contributed by atoms with Gasteiger partial charge in [-0.15, -0.1) is 0 Å². The highest BCUT2D eigenvalue weighted by molar-refractivity contribution is 7.87. The third-order valence-corrected chi connectivity index (χ3v) is 6.35. The van der Waals surface area contributed by atoms with E-state index in [-0.39, 0.29) is 29.8 Å². The number of benzene rings is 3. The van der Waals surface area contributed by atoms with Crippen molar-refractivity contribution in [1.29, 1.82) is 0 Å². The molecule has 0 radical (unpaired) electrons. The molecule has 0 unspecified atom stereocenters. The van der Waals surface area contributed by atoms with Gasteiger partial charge in [-0.3, -0.25) is 0 Å². The third-order valence-electron chi connectivity index (χ3n) is 5.09. The summed E-state index contributed by atoms with van der Waals surface area (Å²) >= 11 is 0. The van der Waals surface area contributed by atoms with Gasteiger partial charge in [0.2, 0.25) is 0 Å². The second-order valence-electron chi connectivity index (χ2n) is 7.87. The van der Waals surface area contributed by atoms with Gasteiger partial charge in [-0.1, -0.05) is 24.3 Å². The highest BCUT2D eigenvalue weighted by Crippen LogP contribution is 2.21. The Bertz CT molecular complexity index is 1390. The monoisotopic (exact) mass is 494 g/mol. The molecule has 0 bridgehead atoms.